The Morgan fingerprint density at radius 3 is 2.74 bits per heavy atom. The number of nitrogens with zero attached hydrogens (tertiary/aromatic N) is 2. The fourth-order valence-electron chi connectivity index (χ4n) is 1.88. The highest BCUT2D eigenvalue weighted by Crippen LogP contribution is 2.23. The molecule has 3 nitrogen and oxygen atoms in total. The topological polar surface area (TPSA) is 37.8 Å². The summed E-state index contributed by atoms with van der Waals surface area (Å²) >= 11 is 4.09. The summed E-state index contributed by atoms with van der Waals surface area (Å²) in [4.78, 5) is 10.7. The Hall–Kier alpha value is -0.690. The number of anilines is 1. The first kappa shape index (κ1) is 14.7. The van der Waals surface area contributed by atoms with Crippen molar-refractivity contribution in [2.75, 3.05) is 12.4 Å². The number of thiophene rings is 1. The molecule has 0 aromatic carbocycles. The SMILES string of the molecule is CNc1nc(Cc2cccs2)nc(CC(C)C)c1I. The zero-order chi connectivity index (χ0) is 13.8. The highest BCUT2D eigenvalue weighted by atomic mass is 127. The van der Waals surface area contributed by atoms with Gasteiger partial charge >= 0.3 is 0 Å². The Labute approximate surface area is 132 Å². The van der Waals surface area contributed by atoms with Crippen LogP contribution in [0.25, 0.3) is 0 Å². The number of nitrogens with one attached hydrogen (secondary N) is 1. The Morgan fingerprint density at radius 2 is 2.16 bits per heavy atom. The summed E-state index contributed by atoms with van der Waals surface area (Å²) in [7, 11) is 1.92. The molecule has 2 aromatic heterocycles. The lowest BCUT2D eigenvalue weighted by Crippen LogP contribution is -2.09. The Balaban J connectivity index is 2.33. The monoisotopic (exact) mass is 387 g/mol. The first-order chi connectivity index (χ1) is 9.10. The fourth-order valence-corrected chi connectivity index (χ4v) is 3.31. The summed E-state index contributed by atoms with van der Waals surface area (Å²) in [5, 5.41) is 5.27. The second kappa shape index (κ2) is 6.65. The van der Waals surface area contributed by atoms with E-state index in [-0.39, 0.29) is 0 Å². The van der Waals surface area contributed by atoms with E-state index in [1.165, 1.54) is 4.88 Å². The third-order valence-corrected chi connectivity index (χ3v) is 4.73. The molecule has 0 spiro atoms. The van der Waals surface area contributed by atoms with Crippen molar-refractivity contribution in [1.82, 2.24) is 9.97 Å². The van der Waals surface area contributed by atoms with E-state index in [1.54, 1.807) is 11.3 Å². The van der Waals surface area contributed by atoms with Crippen LogP contribution in [0.3, 0.4) is 0 Å². The first-order valence-electron chi connectivity index (χ1n) is 6.35. The van der Waals surface area contributed by atoms with Crippen molar-refractivity contribution < 1.29 is 0 Å². The van der Waals surface area contributed by atoms with Crippen LogP contribution in [0.2, 0.25) is 0 Å². The van der Waals surface area contributed by atoms with Crippen molar-refractivity contribution in [3.63, 3.8) is 0 Å². The predicted octanol–water partition coefficient (Wildman–Crippen LogP) is 3.97. The van der Waals surface area contributed by atoms with Gasteiger partial charge in [0.2, 0.25) is 0 Å². The maximum absolute atomic E-state index is 4.74. The minimum atomic E-state index is 0.600. The molecule has 0 radical (unpaired) electrons. The minimum absolute atomic E-state index is 0.600. The standard InChI is InChI=1S/C14H18IN3S/c1-9(2)7-11-13(15)14(16-3)18-12(17-11)8-10-5-4-6-19-10/h4-6,9H,7-8H2,1-3H3,(H,16,17,18). The molecule has 0 bridgehead atoms. The molecule has 2 heterocycles. The van der Waals surface area contributed by atoms with E-state index in [2.05, 4.69) is 64.3 Å². The maximum Gasteiger partial charge on any atom is 0.143 e. The van der Waals surface area contributed by atoms with E-state index in [9.17, 15) is 0 Å². The van der Waals surface area contributed by atoms with Gasteiger partial charge in [-0.3, -0.25) is 0 Å². The predicted molar refractivity (Wildman–Crippen MR) is 90.0 cm³/mol. The lowest BCUT2D eigenvalue weighted by Gasteiger charge is -2.12. The zero-order valence-corrected chi connectivity index (χ0v) is 14.4. The van der Waals surface area contributed by atoms with Gasteiger partial charge in [0.15, 0.2) is 0 Å². The van der Waals surface area contributed by atoms with Crippen molar-refractivity contribution >= 4 is 39.7 Å². The van der Waals surface area contributed by atoms with Gasteiger partial charge in [-0.2, -0.15) is 0 Å². The highest BCUT2D eigenvalue weighted by molar-refractivity contribution is 14.1. The second-order valence-corrected chi connectivity index (χ2v) is 6.96. The van der Waals surface area contributed by atoms with Crippen LogP contribution >= 0.6 is 33.9 Å². The third kappa shape index (κ3) is 3.89. The summed E-state index contributed by atoms with van der Waals surface area (Å²) in [5.74, 6) is 2.45. The van der Waals surface area contributed by atoms with Crippen LogP contribution in [-0.4, -0.2) is 17.0 Å². The van der Waals surface area contributed by atoms with Gasteiger partial charge in [-0.25, -0.2) is 9.97 Å². The molecule has 2 rings (SSSR count). The molecule has 1 N–H and O–H groups in total. The average molecular weight is 387 g/mol. The molecule has 0 aliphatic rings. The Kier molecular flexibility index (Phi) is 5.15. The van der Waals surface area contributed by atoms with Crippen LogP contribution in [-0.2, 0) is 12.8 Å². The molecule has 2 aromatic rings. The van der Waals surface area contributed by atoms with Gasteiger partial charge in [0, 0.05) is 18.3 Å². The van der Waals surface area contributed by atoms with Crippen molar-refractivity contribution in [3.8, 4) is 0 Å². The molecule has 0 aliphatic heterocycles. The van der Waals surface area contributed by atoms with Gasteiger partial charge in [0.25, 0.3) is 0 Å². The lowest BCUT2D eigenvalue weighted by atomic mass is 10.1. The summed E-state index contributed by atoms with van der Waals surface area (Å²) in [6.45, 7) is 4.44. The van der Waals surface area contributed by atoms with Crippen molar-refractivity contribution in [1.29, 1.82) is 0 Å². The number of rotatable bonds is 5. The van der Waals surface area contributed by atoms with Crippen LogP contribution in [0.1, 0.15) is 30.2 Å². The molecular weight excluding hydrogens is 369 g/mol. The summed E-state index contributed by atoms with van der Waals surface area (Å²) in [5.41, 5.74) is 1.15. The summed E-state index contributed by atoms with van der Waals surface area (Å²) in [6, 6.07) is 4.20. The van der Waals surface area contributed by atoms with Gasteiger partial charge in [0.1, 0.15) is 11.6 Å². The van der Waals surface area contributed by atoms with Gasteiger partial charge in [-0.15, -0.1) is 11.3 Å². The van der Waals surface area contributed by atoms with E-state index in [0.29, 0.717) is 5.92 Å². The molecule has 5 heteroatoms. The molecule has 0 atom stereocenters. The zero-order valence-electron chi connectivity index (χ0n) is 11.4. The molecule has 19 heavy (non-hydrogen) atoms. The van der Waals surface area contributed by atoms with Crippen molar-refractivity contribution in [2.24, 2.45) is 5.92 Å². The molecule has 0 amide bonds. The van der Waals surface area contributed by atoms with E-state index < -0.39 is 0 Å². The largest absolute Gasteiger partial charge is 0.372 e. The van der Waals surface area contributed by atoms with Crippen molar-refractivity contribution in [2.45, 2.75) is 26.7 Å². The molecule has 0 saturated heterocycles. The number of halogens is 1. The van der Waals surface area contributed by atoms with Gasteiger partial charge in [-0.1, -0.05) is 19.9 Å². The third-order valence-electron chi connectivity index (χ3n) is 2.72. The average Bonchev–Trinajstić information content (AvgIpc) is 2.85. The molecule has 0 saturated carbocycles. The first-order valence-corrected chi connectivity index (χ1v) is 8.31. The normalized spacial score (nSPS) is 11.0. The fraction of sp³-hybridized carbons (Fsp3) is 0.429. The maximum atomic E-state index is 4.74. The highest BCUT2D eigenvalue weighted by Gasteiger charge is 2.13. The quantitative estimate of drug-likeness (QED) is 0.789. The van der Waals surface area contributed by atoms with Crippen LogP contribution in [0, 0.1) is 9.49 Å². The molecule has 0 fully saturated rings. The van der Waals surface area contributed by atoms with Crippen molar-refractivity contribution in [3.05, 3.63) is 37.5 Å². The molecular formula is C14H18IN3S. The van der Waals surface area contributed by atoms with E-state index in [0.717, 1.165) is 33.7 Å². The Morgan fingerprint density at radius 1 is 1.37 bits per heavy atom. The number of hydrogen-bond donors (Lipinski definition) is 1. The number of aromatic nitrogens is 2. The van der Waals surface area contributed by atoms with E-state index in [1.807, 2.05) is 7.05 Å². The van der Waals surface area contributed by atoms with Gasteiger partial charge in [0.05, 0.1) is 9.26 Å². The van der Waals surface area contributed by atoms with Crippen LogP contribution < -0.4 is 5.32 Å². The van der Waals surface area contributed by atoms with Crippen LogP contribution in [0.5, 0.6) is 0 Å². The van der Waals surface area contributed by atoms with Crippen LogP contribution in [0.15, 0.2) is 17.5 Å². The number of hydrogen-bond acceptors (Lipinski definition) is 4. The Bertz CT molecular complexity index is 538. The summed E-state index contributed by atoms with van der Waals surface area (Å²) in [6.07, 6.45) is 1.81. The molecule has 102 valence electrons. The lowest BCUT2D eigenvalue weighted by molar-refractivity contribution is 0.629. The smallest absolute Gasteiger partial charge is 0.143 e. The second-order valence-electron chi connectivity index (χ2n) is 4.85. The van der Waals surface area contributed by atoms with Gasteiger partial charge < -0.3 is 5.32 Å². The molecule has 0 aliphatic carbocycles. The minimum Gasteiger partial charge on any atom is -0.372 e. The summed E-state index contributed by atoms with van der Waals surface area (Å²) < 4.78 is 1.14. The van der Waals surface area contributed by atoms with E-state index >= 15 is 0 Å². The van der Waals surface area contributed by atoms with Gasteiger partial charge in [-0.05, 0) is 46.4 Å². The van der Waals surface area contributed by atoms with Crippen LogP contribution in [0.4, 0.5) is 5.82 Å². The molecule has 0 unspecified atom stereocenters. The van der Waals surface area contributed by atoms with E-state index in [4.69, 9.17) is 4.98 Å².